The van der Waals surface area contributed by atoms with Crippen LogP contribution in [0.3, 0.4) is 0 Å². The van der Waals surface area contributed by atoms with Crippen LogP contribution in [-0.2, 0) is 9.59 Å². The number of carboxylic acids is 1. The fourth-order valence-corrected chi connectivity index (χ4v) is 2.85. The molecule has 104 valence electrons. The number of carbonyl (C=O) groups excluding carboxylic acids is 1. The summed E-state index contributed by atoms with van der Waals surface area (Å²) in [6.07, 6.45) is 0.844. The zero-order valence-corrected chi connectivity index (χ0v) is 12.0. The molecule has 1 heterocycles. The van der Waals surface area contributed by atoms with Gasteiger partial charge in [0.1, 0.15) is 6.04 Å². The molecule has 0 spiro atoms. The number of hydrogen-bond donors (Lipinski definition) is 2. The highest BCUT2D eigenvalue weighted by Gasteiger charge is 2.30. The summed E-state index contributed by atoms with van der Waals surface area (Å²) in [5, 5.41) is 12.0. The average molecular weight is 274 g/mol. The normalized spacial score (nSPS) is 21.6. The van der Waals surface area contributed by atoms with Gasteiger partial charge in [-0.1, -0.05) is 6.92 Å². The van der Waals surface area contributed by atoms with E-state index in [2.05, 4.69) is 5.32 Å². The summed E-state index contributed by atoms with van der Waals surface area (Å²) < 4.78 is 0. The highest BCUT2D eigenvalue weighted by Crippen LogP contribution is 2.16. The molecule has 0 aromatic heterocycles. The molecule has 1 atom stereocenters. The van der Waals surface area contributed by atoms with Gasteiger partial charge in [0.15, 0.2) is 0 Å². The molecule has 0 bridgehead atoms. The molecule has 1 fully saturated rings. The summed E-state index contributed by atoms with van der Waals surface area (Å²) in [6, 6.07) is -0.542. The van der Waals surface area contributed by atoms with Crippen LogP contribution in [0.5, 0.6) is 0 Å². The van der Waals surface area contributed by atoms with Crippen LogP contribution in [0.15, 0.2) is 0 Å². The minimum atomic E-state index is -0.843. The minimum absolute atomic E-state index is 0.0972. The number of aliphatic carboxylic acids is 1. The third kappa shape index (κ3) is 4.49. The predicted molar refractivity (Wildman–Crippen MR) is 72.8 cm³/mol. The van der Waals surface area contributed by atoms with E-state index in [-0.39, 0.29) is 18.0 Å². The number of nitrogens with zero attached hydrogens (tertiary/aromatic N) is 1. The number of thioether (sulfide) groups is 1. The fraction of sp³-hybridized carbons (Fsp3) is 0.833. The van der Waals surface area contributed by atoms with Crippen LogP contribution < -0.4 is 5.32 Å². The van der Waals surface area contributed by atoms with Crippen LogP contribution in [0.25, 0.3) is 0 Å². The molecule has 1 unspecified atom stereocenters. The Morgan fingerprint density at radius 3 is 2.72 bits per heavy atom. The molecule has 1 rings (SSSR count). The van der Waals surface area contributed by atoms with E-state index in [0.717, 1.165) is 12.2 Å². The van der Waals surface area contributed by atoms with E-state index >= 15 is 0 Å². The number of amides is 1. The van der Waals surface area contributed by atoms with Gasteiger partial charge in [0.2, 0.25) is 5.91 Å². The van der Waals surface area contributed by atoms with Crippen LogP contribution >= 0.6 is 11.8 Å². The summed E-state index contributed by atoms with van der Waals surface area (Å²) in [5.74, 6) is 0.498. The number of rotatable bonds is 5. The molecule has 1 amide bonds. The van der Waals surface area contributed by atoms with Gasteiger partial charge in [0.05, 0.1) is 6.54 Å². The first-order valence-corrected chi connectivity index (χ1v) is 7.37. The Morgan fingerprint density at radius 1 is 1.50 bits per heavy atom. The van der Waals surface area contributed by atoms with Crippen molar-refractivity contribution in [2.45, 2.75) is 38.8 Å². The van der Waals surface area contributed by atoms with Crippen molar-refractivity contribution in [3.8, 4) is 0 Å². The minimum Gasteiger partial charge on any atom is -0.480 e. The summed E-state index contributed by atoms with van der Waals surface area (Å²) >= 11 is 1.63. The predicted octanol–water partition coefficient (Wildman–Crippen LogP) is 0.793. The standard InChI is InChI=1S/C12H22N2O3S/c1-4-12(2,3)13-10(15)7-14-5-6-18-8-9(14)11(16)17/h9H,4-8H2,1-3H3,(H,13,15)(H,16,17). The first kappa shape index (κ1) is 15.3. The van der Waals surface area contributed by atoms with Crippen LogP contribution in [0, 0.1) is 0 Å². The Kier molecular flexibility index (Phi) is 5.47. The van der Waals surface area contributed by atoms with Gasteiger partial charge in [-0.2, -0.15) is 11.8 Å². The molecule has 0 radical (unpaired) electrons. The van der Waals surface area contributed by atoms with Crippen LogP contribution in [-0.4, -0.2) is 58.1 Å². The summed E-state index contributed by atoms with van der Waals surface area (Å²) in [4.78, 5) is 24.8. The Labute approximate surface area is 112 Å². The molecule has 0 aromatic carbocycles. The molecule has 0 saturated carbocycles. The van der Waals surface area contributed by atoms with Crippen molar-refractivity contribution in [3.05, 3.63) is 0 Å². The Morgan fingerprint density at radius 2 is 2.17 bits per heavy atom. The lowest BCUT2D eigenvalue weighted by Gasteiger charge is -2.33. The SMILES string of the molecule is CCC(C)(C)NC(=O)CN1CCSCC1C(=O)O. The van der Waals surface area contributed by atoms with Crippen LogP contribution in [0.2, 0.25) is 0 Å². The molecule has 5 nitrogen and oxygen atoms in total. The summed E-state index contributed by atoms with van der Waals surface area (Å²) in [5.41, 5.74) is -0.236. The van der Waals surface area contributed by atoms with Crippen molar-refractivity contribution >= 4 is 23.6 Å². The van der Waals surface area contributed by atoms with Crippen molar-refractivity contribution in [2.75, 3.05) is 24.6 Å². The quantitative estimate of drug-likeness (QED) is 0.776. The fourth-order valence-electron chi connectivity index (χ4n) is 1.74. The van der Waals surface area contributed by atoms with E-state index in [0.29, 0.717) is 12.3 Å². The molecular weight excluding hydrogens is 252 g/mol. The van der Waals surface area contributed by atoms with E-state index in [4.69, 9.17) is 5.11 Å². The summed E-state index contributed by atoms with van der Waals surface area (Å²) in [7, 11) is 0. The van der Waals surface area contributed by atoms with Gasteiger partial charge in [0, 0.05) is 23.6 Å². The molecule has 1 aliphatic heterocycles. The number of hydrogen-bond acceptors (Lipinski definition) is 4. The Bertz CT molecular complexity index is 320. The van der Waals surface area contributed by atoms with Gasteiger partial charge < -0.3 is 10.4 Å². The third-order valence-electron chi connectivity index (χ3n) is 3.23. The first-order valence-electron chi connectivity index (χ1n) is 6.21. The second kappa shape index (κ2) is 6.43. The second-order valence-corrected chi connectivity index (χ2v) is 6.33. The van der Waals surface area contributed by atoms with E-state index in [9.17, 15) is 9.59 Å². The van der Waals surface area contributed by atoms with Gasteiger partial charge in [0.25, 0.3) is 0 Å². The molecule has 1 aliphatic rings. The van der Waals surface area contributed by atoms with E-state index < -0.39 is 12.0 Å². The smallest absolute Gasteiger partial charge is 0.321 e. The monoisotopic (exact) mass is 274 g/mol. The molecule has 1 saturated heterocycles. The van der Waals surface area contributed by atoms with Crippen molar-refractivity contribution < 1.29 is 14.7 Å². The van der Waals surface area contributed by atoms with Gasteiger partial charge in [-0.05, 0) is 20.3 Å². The van der Waals surface area contributed by atoms with Crippen LogP contribution in [0.1, 0.15) is 27.2 Å². The molecule has 0 aromatic rings. The number of carbonyl (C=O) groups is 2. The maximum absolute atomic E-state index is 11.9. The first-order chi connectivity index (χ1) is 8.35. The highest BCUT2D eigenvalue weighted by molar-refractivity contribution is 7.99. The lowest BCUT2D eigenvalue weighted by Crippen LogP contribution is -2.53. The summed E-state index contributed by atoms with van der Waals surface area (Å²) in [6.45, 7) is 6.76. The van der Waals surface area contributed by atoms with Crippen molar-refractivity contribution in [2.24, 2.45) is 0 Å². The highest BCUT2D eigenvalue weighted by atomic mass is 32.2. The Balaban J connectivity index is 2.54. The molecular formula is C12H22N2O3S. The van der Waals surface area contributed by atoms with E-state index in [1.807, 2.05) is 20.8 Å². The van der Waals surface area contributed by atoms with Crippen molar-refractivity contribution in [3.63, 3.8) is 0 Å². The molecule has 6 heteroatoms. The second-order valence-electron chi connectivity index (χ2n) is 5.19. The van der Waals surface area contributed by atoms with E-state index in [1.54, 1.807) is 16.7 Å². The van der Waals surface area contributed by atoms with Gasteiger partial charge in [-0.25, -0.2) is 0 Å². The Hall–Kier alpha value is -0.750. The zero-order valence-electron chi connectivity index (χ0n) is 11.2. The van der Waals surface area contributed by atoms with Crippen molar-refractivity contribution in [1.29, 1.82) is 0 Å². The maximum Gasteiger partial charge on any atom is 0.321 e. The largest absolute Gasteiger partial charge is 0.480 e. The van der Waals surface area contributed by atoms with Crippen LogP contribution in [0.4, 0.5) is 0 Å². The number of carboxylic acid groups (broad SMARTS) is 1. The molecule has 2 N–H and O–H groups in total. The maximum atomic E-state index is 11.9. The van der Waals surface area contributed by atoms with Crippen molar-refractivity contribution in [1.82, 2.24) is 10.2 Å². The zero-order chi connectivity index (χ0) is 13.8. The molecule has 0 aliphatic carbocycles. The number of nitrogens with one attached hydrogen (secondary N) is 1. The van der Waals surface area contributed by atoms with Gasteiger partial charge >= 0.3 is 5.97 Å². The lowest BCUT2D eigenvalue weighted by atomic mass is 10.0. The third-order valence-corrected chi connectivity index (χ3v) is 4.26. The van der Waals surface area contributed by atoms with Gasteiger partial charge in [-0.15, -0.1) is 0 Å². The van der Waals surface area contributed by atoms with Gasteiger partial charge in [-0.3, -0.25) is 14.5 Å². The van der Waals surface area contributed by atoms with E-state index in [1.165, 1.54) is 0 Å². The average Bonchev–Trinajstić information content (AvgIpc) is 2.28. The topological polar surface area (TPSA) is 69.6 Å². The molecule has 18 heavy (non-hydrogen) atoms. The lowest BCUT2D eigenvalue weighted by molar-refractivity contribution is -0.143.